The molecule has 0 bridgehead atoms. The fourth-order valence-electron chi connectivity index (χ4n) is 1.88. The fourth-order valence-corrected chi connectivity index (χ4v) is 2.15. The molecule has 0 spiro atoms. The zero-order chi connectivity index (χ0) is 14.5. The predicted molar refractivity (Wildman–Crippen MR) is 83.1 cm³/mol. The molecule has 4 heteroatoms. The third-order valence-electron chi connectivity index (χ3n) is 3.27. The summed E-state index contributed by atoms with van der Waals surface area (Å²) in [7, 11) is 0. The molecule has 1 rings (SSSR count). The molecule has 0 fully saturated rings. The molecule has 3 N–H and O–H groups in total. The van der Waals surface area contributed by atoms with Crippen molar-refractivity contribution in [1.29, 1.82) is 0 Å². The SMILES string of the molecule is CCCC(N)C(=O)NCC(C)(C)c1ccc(Br)cc1. The Balaban J connectivity index is 2.60. The second kappa shape index (κ2) is 7.06. The summed E-state index contributed by atoms with van der Waals surface area (Å²) in [6.45, 7) is 6.84. The standard InChI is InChI=1S/C15H23BrN2O/c1-4-5-13(17)14(19)18-10-15(2,3)11-6-8-12(16)9-7-11/h6-9,13H,4-5,10,17H2,1-3H3,(H,18,19). The van der Waals surface area contributed by atoms with Gasteiger partial charge in [0.15, 0.2) is 0 Å². The van der Waals surface area contributed by atoms with Crippen LogP contribution in [0.2, 0.25) is 0 Å². The molecule has 1 amide bonds. The van der Waals surface area contributed by atoms with Crippen molar-refractivity contribution in [2.75, 3.05) is 6.54 Å². The van der Waals surface area contributed by atoms with Gasteiger partial charge in [0, 0.05) is 16.4 Å². The smallest absolute Gasteiger partial charge is 0.236 e. The van der Waals surface area contributed by atoms with Crippen LogP contribution in [0.4, 0.5) is 0 Å². The van der Waals surface area contributed by atoms with Crippen LogP contribution in [0, 0.1) is 0 Å². The van der Waals surface area contributed by atoms with E-state index >= 15 is 0 Å². The quantitative estimate of drug-likeness (QED) is 0.844. The maximum atomic E-state index is 11.8. The molecule has 1 aromatic carbocycles. The third kappa shape index (κ3) is 4.96. The van der Waals surface area contributed by atoms with E-state index in [-0.39, 0.29) is 11.3 Å². The van der Waals surface area contributed by atoms with Crippen LogP contribution < -0.4 is 11.1 Å². The average molecular weight is 327 g/mol. The number of benzene rings is 1. The first kappa shape index (κ1) is 16.2. The van der Waals surface area contributed by atoms with Crippen molar-refractivity contribution in [2.24, 2.45) is 5.73 Å². The van der Waals surface area contributed by atoms with E-state index in [0.29, 0.717) is 6.54 Å². The molecular weight excluding hydrogens is 304 g/mol. The monoisotopic (exact) mass is 326 g/mol. The minimum Gasteiger partial charge on any atom is -0.354 e. The summed E-state index contributed by atoms with van der Waals surface area (Å²) >= 11 is 3.42. The van der Waals surface area contributed by atoms with Gasteiger partial charge in [-0.05, 0) is 24.1 Å². The van der Waals surface area contributed by atoms with Gasteiger partial charge in [-0.1, -0.05) is 55.3 Å². The first-order valence-corrected chi connectivity index (χ1v) is 7.45. The number of amides is 1. The van der Waals surface area contributed by atoms with E-state index in [1.54, 1.807) is 0 Å². The molecule has 0 radical (unpaired) electrons. The molecule has 0 heterocycles. The summed E-state index contributed by atoms with van der Waals surface area (Å²) in [6.07, 6.45) is 1.65. The van der Waals surface area contributed by atoms with Crippen molar-refractivity contribution in [2.45, 2.75) is 45.1 Å². The van der Waals surface area contributed by atoms with Crippen LogP contribution >= 0.6 is 15.9 Å². The van der Waals surface area contributed by atoms with Gasteiger partial charge in [0.25, 0.3) is 0 Å². The van der Waals surface area contributed by atoms with E-state index in [0.717, 1.165) is 17.3 Å². The molecule has 0 saturated heterocycles. The molecule has 0 aliphatic carbocycles. The molecule has 1 aromatic rings. The highest BCUT2D eigenvalue weighted by atomic mass is 79.9. The van der Waals surface area contributed by atoms with E-state index in [1.807, 2.05) is 19.1 Å². The Hall–Kier alpha value is -0.870. The molecule has 0 aliphatic heterocycles. The van der Waals surface area contributed by atoms with Crippen LogP contribution in [0.15, 0.2) is 28.7 Å². The Morgan fingerprint density at radius 1 is 1.37 bits per heavy atom. The van der Waals surface area contributed by atoms with E-state index in [4.69, 9.17) is 5.73 Å². The van der Waals surface area contributed by atoms with Crippen LogP contribution in [0.25, 0.3) is 0 Å². The number of hydrogen-bond acceptors (Lipinski definition) is 2. The summed E-state index contributed by atoms with van der Waals surface area (Å²) < 4.78 is 1.06. The van der Waals surface area contributed by atoms with Crippen LogP contribution in [-0.4, -0.2) is 18.5 Å². The van der Waals surface area contributed by atoms with Crippen LogP contribution in [0.5, 0.6) is 0 Å². The van der Waals surface area contributed by atoms with Gasteiger partial charge in [-0.25, -0.2) is 0 Å². The normalized spacial score (nSPS) is 13.1. The highest BCUT2D eigenvalue weighted by Crippen LogP contribution is 2.24. The second-order valence-corrected chi connectivity index (χ2v) is 6.42. The summed E-state index contributed by atoms with van der Waals surface area (Å²) in [5.41, 5.74) is 6.88. The van der Waals surface area contributed by atoms with Crippen molar-refractivity contribution >= 4 is 21.8 Å². The second-order valence-electron chi connectivity index (χ2n) is 5.50. The van der Waals surface area contributed by atoms with Gasteiger partial charge >= 0.3 is 0 Å². The van der Waals surface area contributed by atoms with Gasteiger partial charge in [0.05, 0.1) is 6.04 Å². The minimum absolute atomic E-state index is 0.0629. The highest BCUT2D eigenvalue weighted by molar-refractivity contribution is 9.10. The molecule has 106 valence electrons. The summed E-state index contributed by atoms with van der Waals surface area (Å²) in [6, 6.07) is 7.78. The number of rotatable bonds is 6. The van der Waals surface area contributed by atoms with E-state index < -0.39 is 6.04 Å². The zero-order valence-corrected chi connectivity index (χ0v) is 13.5. The van der Waals surface area contributed by atoms with Crippen molar-refractivity contribution in [3.8, 4) is 0 Å². The number of carbonyl (C=O) groups excluding carboxylic acids is 1. The number of nitrogens with one attached hydrogen (secondary N) is 1. The number of halogens is 1. The first-order valence-electron chi connectivity index (χ1n) is 6.66. The summed E-state index contributed by atoms with van der Waals surface area (Å²) in [4.78, 5) is 11.8. The summed E-state index contributed by atoms with van der Waals surface area (Å²) in [5, 5.41) is 2.94. The molecule has 1 atom stereocenters. The Bertz CT molecular complexity index is 415. The van der Waals surface area contributed by atoms with Crippen molar-refractivity contribution in [3.63, 3.8) is 0 Å². The molecular formula is C15H23BrN2O. The van der Waals surface area contributed by atoms with Gasteiger partial charge in [0.1, 0.15) is 0 Å². The topological polar surface area (TPSA) is 55.1 Å². The van der Waals surface area contributed by atoms with E-state index in [9.17, 15) is 4.79 Å². The largest absolute Gasteiger partial charge is 0.354 e. The molecule has 0 aromatic heterocycles. The Labute approximate surface area is 124 Å². The molecule has 1 unspecified atom stereocenters. The zero-order valence-electron chi connectivity index (χ0n) is 11.9. The maximum absolute atomic E-state index is 11.8. The highest BCUT2D eigenvalue weighted by Gasteiger charge is 2.22. The van der Waals surface area contributed by atoms with E-state index in [1.165, 1.54) is 5.56 Å². The lowest BCUT2D eigenvalue weighted by Gasteiger charge is -2.26. The van der Waals surface area contributed by atoms with Gasteiger partial charge in [-0.2, -0.15) is 0 Å². The minimum atomic E-state index is -0.397. The van der Waals surface area contributed by atoms with Crippen LogP contribution in [0.1, 0.15) is 39.2 Å². The molecule has 0 saturated carbocycles. The Morgan fingerprint density at radius 3 is 2.47 bits per heavy atom. The summed E-state index contributed by atoms with van der Waals surface area (Å²) in [5.74, 6) is -0.0629. The van der Waals surface area contributed by atoms with Crippen molar-refractivity contribution < 1.29 is 4.79 Å². The number of carbonyl (C=O) groups is 1. The lowest BCUT2D eigenvalue weighted by Crippen LogP contribution is -2.45. The first-order chi connectivity index (χ1) is 8.86. The number of hydrogen-bond donors (Lipinski definition) is 2. The van der Waals surface area contributed by atoms with Gasteiger partial charge < -0.3 is 11.1 Å². The molecule has 19 heavy (non-hydrogen) atoms. The van der Waals surface area contributed by atoms with Crippen LogP contribution in [0.3, 0.4) is 0 Å². The third-order valence-corrected chi connectivity index (χ3v) is 3.80. The maximum Gasteiger partial charge on any atom is 0.236 e. The lowest BCUT2D eigenvalue weighted by molar-refractivity contribution is -0.122. The van der Waals surface area contributed by atoms with Crippen molar-refractivity contribution in [1.82, 2.24) is 5.32 Å². The number of nitrogens with two attached hydrogens (primary N) is 1. The Kier molecular flexibility index (Phi) is 6.01. The van der Waals surface area contributed by atoms with E-state index in [2.05, 4.69) is 47.2 Å². The Morgan fingerprint density at radius 2 is 1.95 bits per heavy atom. The van der Waals surface area contributed by atoms with Gasteiger partial charge in [-0.3, -0.25) is 4.79 Å². The molecule has 0 aliphatic rings. The predicted octanol–water partition coefficient (Wildman–Crippen LogP) is 2.97. The van der Waals surface area contributed by atoms with Gasteiger partial charge in [-0.15, -0.1) is 0 Å². The molecule has 3 nitrogen and oxygen atoms in total. The average Bonchev–Trinajstić information content (AvgIpc) is 2.37. The van der Waals surface area contributed by atoms with Crippen LogP contribution in [-0.2, 0) is 10.2 Å². The van der Waals surface area contributed by atoms with Crippen molar-refractivity contribution in [3.05, 3.63) is 34.3 Å². The lowest BCUT2D eigenvalue weighted by atomic mass is 9.84. The fraction of sp³-hybridized carbons (Fsp3) is 0.533. The van der Waals surface area contributed by atoms with Gasteiger partial charge in [0.2, 0.25) is 5.91 Å².